The third kappa shape index (κ3) is 1.75. The zero-order chi connectivity index (χ0) is 10.7. The van der Waals surface area contributed by atoms with Gasteiger partial charge in [-0.1, -0.05) is 12.1 Å². The van der Waals surface area contributed by atoms with Crippen LogP contribution in [0, 0.1) is 11.3 Å². The van der Waals surface area contributed by atoms with E-state index >= 15 is 0 Å². The van der Waals surface area contributed by atoms with E-state index in [0.29, 0.717) is 5.69 Å². The summed E-state index contributed by atoms with van der Waals surface area (Å²) in [6.07, 6.45) is 0. The average molecular weight is 197 g/mol. The van der Waals surface area contributed by atoms with Gasteiger partial charge in [-0.05, 0) is 25.1 Å². The number of rotatable bonds is 2. The minimum absolute atomic E-state index is 0.452. The Morgan fingerprint density at radius 1 is 1.33 bits per heavy atom. The monoisotopic (exact) mass is 197 g/mol. The highest BCUT2D eigenvalue weighted by Gasteiger charge is 2.02. The number of nitrogens with one attached hydrogen (secondary N) is 1. The molecule has 0 bridgehead atoms. The van der Waals surface area contributed by atoms with Crippen LogP contribution in [-0.4, -0.2) is 11.5 Å². The zero-order valence-electron chi connectivity index (χ0n) is 8.49. The van der Waals surface area contributed by atoms with Crippen LogP contribution in [-0.2, 0) is 0 Å². The fourth-order valence-electron chi connectivity index (χ4n) is 1.54. The number of anilines is 1. The highest BCUT2D eigenvalue weighted by molar-refractivity contribution is 5.90. The van der Waals surface area contributed by atoms with Gasteiger partial charge in [0.05, 0.1) is 11.2 Å². The molecule has 0 unspecified atom stereocenters. The second kappa shape index (κ2) is 3.97. The Hall–Kier alpha value is -2.08. The van der Waals surface area contributed by atoms with Crippen LogP contribution in [0.15, 0.2) is 30.3 Å². The highest BCUT2D eigenvalue weighted by Crippen LogP contribution is 2.21. The van der Waals surface area contributed by atoms with Crippen LogP contribution in [0.3, 0.4) is 0 Å². The maximum Gasteiger partial charge on any atom is 0.141 e. The van der Waals surface area contributed by atoms with Crippen molar-refractivity contribution < 1.29 is 0 Å². The van der Waals surface area contributed by atoms with Crippen LogP contribution in [0.5, 0.6) is 0 Å². The lowest BCUT2D eigenvalue weighted by Gasteiger charge is -2.06. The molecule has 0 spiro atoms. The molecule has 1 aromatic carbocycles. The summed E-state index contributed by atoms with van der Waals surface area (Å²) in [7, 11) is 0. The first-order valence-electron chi connectivity index (χ1n) is 4.89. The summed E-state index contributed by atoms with van der Waals surface area (Å²) in [6, 6.07) is 11.6. The van der Waals surface area contributed by atoms with Crippen molar-refractivity contribution in [2.24, 2.45) is 0 Å². The average Bonchev–Trinajstić information content (AvgIpc) is 2.29. The number of para-hydroxylation sites is 1. The minimum Gasteiger partial charge on any atom is -0.384 e. The highest BCUT2D eigenvalue weighted by atomic mass is 14.9. The number of aromatic nitrogens is 1. The Morgan fingerprint density at radius 2 is 2.20 bits per heavy atom. The van der Waals surface area contributed by atoms with Gasteiger partial charge in [-0.25, -0.2) is 4.98 Å². The van der Waals surface area contributed by atoms with Gasteiger partial charge in [0.1, 0.15) is 11.8 Å². The van der Waals surface area contributed by atoms with Crippen LogP contribution >= 0.6 is 0 Å². The normalized spacial score (nSPS) is 9.87. The molecular formula is C12H11N3. The van der Waals surface area contributed by atoms with Crippen LogP contribution in [0.4, 0.5) is 5.69 Å². The Bertz CT molecular complexity index is 526. The zero-order valence-corrected chi connectivity index (χ0v) is 8.49. The van der Waals surface area contributed by atoms with Gasteiger partial charge in [0, 0.05) is 11.9 Å². The number of nitriles is 1. The Morgan fingerprint density at radius 3 is 2.93 bits per heavy atom. The molecule has 2 rings (SSSR count). The van der Waals surface area contributed by atoms with Crippen LogP contribution in [0.1, 0.15) is 12.6 Å². The van der Waals surface area contributed by atoms with Gasteiger partial charge in [0.15, 0.2) is 0 Å². The molecule has 0 amide bonds. The smallest absolute Gasteiger partial charge is 0.141 e. The molecule has 2 aromatic rings. The summed E-state index contributed by atoms with van der Waals surface area (Å²) < 4.78 is 0. The molecule has 0 radical (unpaired) electrons. The van der Waals surface area contributed by atoms with Crippen molar-refractivity contribution in [2.75, 3.05) is 11.9 Å². The third-order valence-corrected chi connectivity index (χ3v) is 2.20. The van der Waals surface area contributed by atoms with E-state index in [4.69, 9.17) is 5.26 Å². The molecule has 15 heavy (non-hydrogen) atoms. The van der Waals surface area contributed by atoms with Crippen LogP contribution in [0.25, 0.3) is 10.9 Å². The summed E-state index contributed by atoms with van der Waals surface area (Å²) in [6.45, 7) is 2.88. The van der Waals surface area contributed by atoms with E-state index in [2.05, 4.69) is 10.3 Å². The second-order valence-electron chi connectivity index (χ2n) is 3.22. The molecule has 1 N–H and O–H groups in total. The topological polar surface area (TPSA) is 48.7 Å². The second-order valence-corrected chi connectivity index (χ2v) is 3.22. The Kier molecular flexibility index (Phi) is 2.51. The van der Waals surface area contributed by atoms with E-state index in [1.165, 1.54) is 0 Å². The quantitative estimate of drug-likeness (QED) is 0.804. The summed E-state index contributed by atoms with van der Waals surface area (Å²) in [5.41, 5.74) is 2.29. The molecule has 74 valence electrons. The molecule has 3 nitrogen and oxygen atoms in total. The number of fused-ring (bicyclic) bond motifs is 1. The van der Waals surface area contributed by atoms with Gasteiger partial charge in [-0.3, -0.25) is 0 Å². The predicted octanol–water partition coefficient (Wildman–Crippen LogP) is 2.54. The largest absolute Gasteiger partial charge is 0.384 e. The maximum absolute atomic E-state index is 8.78. The molecule has 0 fully saturated rings. The number of hydrogen-bond donors (Lipinski definition) is 1. The maximum atomic E-state index is 8.78. The van der Waals surface area contributed by atoms with Crippen molar-refractivity contribution in [3.05, 3.63) is 36.0 Å². The summed E-state index contributed by atoms with van der Waals surface area (Å²) >= 11 is 0. The third-order valence-electron chi connectivity index (χ3n) is 2.20. The van der Waals surface area contributed by atoms with Gasteiger partial charge in [0.2, 0.25) is 0 Å². The minimum atomic E-state index is 0.452. The first kappa shape index (κ1) is 9.47. The van der Waals surface area contributed by atoms with Crippen molar-refractivity contribution in [2.45, 2.75) is 6.92 Å². The number of pyridine rings is 1. The molecule has 0 atom stereocenters. The Balaban J connectivity index is 2.66. The van der Waals surface area contributed by atoms with Crippen LogP contribution in [0.2, 0.25) is 0 Å². The molecule has 1 aromatic heterocycles. The number of hydrogen-bond acceptors (Lipinski definition) is 3. The van der Waals surface area contributed by atoms with Crippen molar-refractivity contribution in [3.8, 4) is 6.07 Å². The summed E-state index contributed by atoms with van der Waals surface area (Å²) in [4.78, 5) is 4.29. The molecule has 0 aliphatic heterocycles. The Labute approximate surface area is 88.4 Å². The molecular weight excluding hydrogens is 186 g/mol. The molecule has 0 aliphatic carbocycles. The fourth-order valence-corrected chi connectivity index (χ4v) is 1.54. The summed E-state index contributed by atoms with van der Waals surface area (Å²) in [5.74, 6) is 0. The standard InChI is InChI=1S/C12H11N3/c1-2-14-11-5-3-4-9-6-7-10(8-13)15-12(9)11/h3-7,14H,2H2,1H3. The van der Waals surface area contributed by atoms with Crippen molar-refractivity contribution in [1.82, 2.24) is 4.98 Å². The lowest BCUT2D eigenvalue weighted by molar-refractivity contribution is 1.21. The van der Waals surface area contributed by atoms with Gasteiger partial charge in [-0.15, -0.1) is 0 Å². The van der Waals surface area contributed by atoms with Gasteiger partial charge < -0.3 is 5.32 Å². The van der Waals surface area contributed by atoms with E-state index in [9.17, 15) is 0 Å². The fraction of sp³-hybridized carbons (Fsp3) is 0.167. The summed E-state index contributed by atoms with van der Waals surface area (Å²) in [5, 5.41) is 13.1. The van der Waals surface area contributed by atoms with Crippen LogP contribution < -0.4 is 5.32 Å². The number of benzene rings is 1. The molecule has 3 heteroatoms. The number of nitrogens with zero attached hydrogens (tertiary/aromatic N) is 2. The molecule has 1 heterocycles. The van der Waals surface area contributed by atoms with Gasteiger partial charge in [-0.2, -0.15) is 5.26 Å². The lowest BCUT2D eigenvalue weighted by atomic mass is 10.1. The first-order chi connectivity index (χ1) is 7.35. The van der Waals surface area contributed by atoms with Crippen molar-refractivity contribution >= 4 is 16.6 Å². The molecule has 0 saturated heterocycles. The van der Waals surface area contributed by atoms with Gasteiger partial charge in [0.25, 0.3) is 0 Å². The first-order valence-corrected chi connectivity index (χ1v) is 4.89. The predicted molar refractivity (Wildman–Crippen MR) is 60.6 cm³/mol. The van der Waals surface area contributed by atoms with E-state index in [-0.39, 0.29) is 0 Å². The molecule has 0 saturated carbocycles. The van der Waals surface area contributed by atoms with E-state index < -0.39 is 0 Å². The van der Waals surface area contributed by atoms with Gasteiger partial charge >= 0.3 is 0 Å². The van der Waals surface area contributed by atoms with Crippen molar-refractivity contribution in [3.63, 3.8) is 0 Å². The molecule has 0 aliphatic rings. The van der Waals surface area contributed by atoms with Crippen molar-refractivity contribution in [1.29, 1.82) is 5.26 Å². The lowest BCUT2D eigenvalue weighted by Crippen LogP contribution is -1.98. The SMILES string of the molecule is CCNc1cccc2ccc(C#N)nc12. The van der Waals surface area contributed by atoms with E-state index in [1.807, 2.05) is 37.3 Å². The van der Waals surface area contributed by atoms with E-state index in [0.717, 1.165) is 23.1 Å². The van der Waals surface area contributed by atoms with E-state index in [1.54, 1.807) is 6.07 Å².